The van der Waals surface area contributed by atoms with Crippen molar-refractivity contribution in [2.75, 3.05) is 44.2 Å². The van der Waals surface area contributed by atoms with Crippen molar-refractivity contribution in [2.24, 2.45) is 5.41 Å². The molecule has 1 unspecified atom stereocenters. The summed E-state index contributed by atoms with van der Waals surface area (Å²) in [6.45, 7) is 12.6. The van der Waals surface area contributed by atoms with Gasteiger partial charge in [0.2, 0.25) is 5.95 Å². The first-order chi connectivity index (χ1) is 17.6. The maximum atomic E-state index is 11.6. The number of piperazine rings is 1. The summed E-state index contributed by atoms with van der Waals surface area (Å²) in [5.74, 6) is 0.917. The van der Waals surface area contributed by atoms with Crippen LogP contribution in [0.1, 0.15) is 83.4 Å². The second-order valence-electron chi connectivity index (χ2n) is 11.1. The van der Waals surface area contributed by atoms with Crippen molar-refractivity contribution in [3.8, 4) is 0 Å². The first kappa shape index (κ1) is 27.3. The lowest BCUT2D eigenvalue weighted by Crippen LogP contribution is -2.52. The molecule has 1 saturated heterocycles. The van der Waals surface area contributed by atoms with Crippen LogP contribution in [0.15, 0.2) is 30.5 Å². The van der Waals surface area contributed by atoms with Crippen LogP contribution in [-0.4, -0.2) is 76.4 Å². The quantitative estimate of drug-likeness (QED) is 0.462. The summed E-state index contributed by atoms with van der Waals surface area (Å²) in [6.07, 6.45) is 21.3. The number of hydrogen-bond acceptors (Lipinski definition) is 6. The minimum absolute atomic E-state index is 0.101. The number of rotatable bonds is 10. The van der Waals surface area contributed by atoms with Gasteiger partial charge in [-0.2, -0.15) is 0 Å². The normalized spacial score (nSPS) is 21.9. The van der Waals surface area contributed by atoms with Gasteiger partial charge in [0.25, 0.3) is 0 Å². The molecular formula is C30H49N5O. The molecule has 1 atom stereocenters. The number of aryl methyl sites for hydroxylation is 1. The highest BCUT2D eigenvalue weighted by Gasteiger charge is 2.37. The Morgan fingerprint density at radius 1 is 1.00 bits per heavy atom. The Morgan fingerprint density at radius 3 is 2.44 bits per heavy atom. The lowest BCUT2D eigenvalue weighted by atomic mass is 9.76. The molecule has 4 rings (SSSR count). The van der Waals surface area contributed by atoms with Crippen molar-refractivity contribution in [1.82, 2.24) is 19.8 Å². The highest BCUT2D eigenvalue weighted by molar-refractivity contribution is 5.34. The number of hydrogen-bond donors (Lipinski definition) is 1. The Bertz CT molecular complexity index is 868. The van der Waals surface area contributed by atoms with Crippen LogP contribution in [0.4, 0.5) is 5.95 Å². The highest BCUT2D eigenvalue weighted by Crippen LogP contribution is 2.37. The Balaban J connectivity index is 1.36. The van der Waals surface area contributed by atoms with Gasteiger partial charge in [0.1, 0.15) is 6.23 Å². The summed E-state index contributed by atoms with van der Waals surface area (Å²) < 4.78 is 0. The standard InChI is InChI=1S/C30H49N5O/c1-4-7-8-9-10-17-30(5-2,6-3)28(36)34-18-12-15-27-25(16-19-34)24-31-29(32-27)35-22-20-33(21-23-35)26-13-11-14-26/h4,7,9-10,24,26,28,36H,5-6,8,11-23H2,1-3H3/b7-4-,10-9-. The Kier molecular flexibility index (Phi) is 9.97. The minimum atomic E-state index is -0.424. The van der Waals surface area contributed by atoms with Gasteiger partial charge in [-0.3, -0.25) is 9.80 Å². The number of aliphatic hydroxyl groups is 1. The van der Waals surface area contributed by atoms with E-state index in [-0.39, 0.29) is 5.41 Å². The summed E-state index contributed by atoms with van der Waals surface area (Å²) in [4.78, 5) is 17.2. The molecule has 1 aliphatic carbocycles. The number of aromatic nitrogens is 2. The van der Waals surface area contributed by atoms with Crippen LogP contribution in [-0.2, 0) is 12.8 Å². The predicted molar refractivity (Wildman–Crippen MR) is 149 cm³/mol. The van der Waals surface area contributed by atoms with E-state index in [1.54, 1.807) is 0 Å². The van der Waals surface area contributed by atoms with Crippen LogP contribution in [0.2, 0.25) is 0 Å². The van der Waals surface area contributed by atoms with Crippen LogP contribution in [0.5, 0.6) is 0 Å². The molecule has 200 valence electrons. The van der Waals surface area contributed by atoms with Gasteiger partial charge in [-0.15, -0.1) is 0 Å². The third kappa shape index (κ3) is 6.38. The Hall–Kier alpha value is -1.76. The van der Waals surface area contributed by atoms with Gasteiger partial charge in [0.05, 0.1) is 0 Å². The van der Waals surface area contributed by atoms with Gasteiger partial charge in [0.15, 0.2) is 0 Å². The fourth-order valence-corrected chi connectivity index (χ4v) is 6.14. The molecule has 0 radical (unpaired) electrons. The monoisotopic (exact) mass is 495 g/mol. The van der Waals surface area contributed by atoms with Gasteiger partial charge in [-0.05, 0) is 70.3 Å². The van der Waals surface area contributed by atoms with E-state index >= 15 is 0 Å². The van der Waals surface area contributed by atoms with Gasteiger partial charge < -0.3 is 10.0 Å². The number of fused-ring (bicyclic) bond motifs is 1. The zero-order valence-electron chi connectivity index (χ0n) is 23.0. The summed E-state index contributed by atoms with van der Waals surface area (Å²) >= 11 is 0. The molecule has 0 bridgehead atoms. The van der Waals surface area contributed by atoms with E-state index in [1.807, 2.05) is 0 Å². The molecule has 3 aliphatic rings. The van der Waals surface area contributed by atoms with E-state index in [0.717, 1.165) is 96.2 Å². The first-order valence-corrected chi connectivity index (χ1v) is 14.6. The molecule has 0 amide bonds. The molecule has 1 aromatic heterocycles. The molecule has 6 nitrogen and oxygen atoms in total. The van der Waals surface area contributed by atoms with Gasteiger partial charge in [-0.1, -0.05) is 44.6 Å². The lowest BCUT2D eigenvalue weighted by Gasteiger charge is -2.43. The van der Waals surface area contributed by atoms with Crippen LogP contribution < -0.4 is 4.90 Å². The van der Waals surface area contributed by atoms with Gasteiger partial charge in [0, 0.05) is 62.6 Å². The third-order valence-electron chi connectivity index (χ3n) is 9.16. The third-order valence-corrected chi connectivity index (χ3v) is 9.16. The van der Waals surface area contributed by atoms with Crippen molar-refractivity contribution in [1.29, 1.82) is 0 Å². The fourth-order valence-electron chi connectivity index (χ4n) is 6.14. The van der Waals surface area contributed by atoms with E-state index in [2.05, 4.69) is 66.0 Å². The number of anilines is 1. The highest BCUT2D eigenvalue weighted by atomic mass is 16.3. The zero-order valence-corrected chi connectivity index (χ0v) is 23.0. The van der Waals surface area contributed by atoms with E-state index in [1.165, 1.54) is 30.5 Å². The van der Waals surface area contributed by atoms with E-state index in [0.29, 0.717) is 0 Å². The van der Waals surface area contributed by atoms with Crippen LogP contribution >= 0.6 is 0 Å². The molecule has 1 aromatic rings. The minimum Gasteiger partial charge on any atom is -0.378 e. The lowest BCUT2D eigenvalue weighted by molar-refractivity contribution is -0.0969. The topological polar surface area (TPSA) is 55.7 Å². The Labute approximate surface area is 219 Å². The van der Waals surface area contributed by atoms with Gasteiger partial charge >= 0.3 is 0 Å². The first-order valence-electron chi connectivity index (χ1n) is 14.6. The van der Waals surface area contributed by atoms with Crippen LogP contribution in [0.3, 0.4) is 0 Å². The largest absolute Gasteiger partial charge is 0.378 e. The number of allylic oxidation sites excluding steroid dienone is 4. The molecule has 36 heavy (non-hydrogen) atoms. The van der Waals surface area contributed by atoms with E-state index in [4.69, 9.17) is 9.97 Å². The van der Waals surface area contributed by atoms with Crippen LogP contribution in [0, 0.1) is 5.41 Å². The molecule has 2 fully saturated rings. The Morgan fingerprint density at radius 2 is 1.78 bits per heavy atom. The van der Waals surface area contributed by atoms with Gasteiger partial charge in [-0.25, -0.2) is 9.97 Å². The molecule has 0 aromatic carbocycles. The van der Waals surface area contributed by atoms with Crippen molar-refractivity contribution < 1.29 is 5.11 Å². The molecular weight excluding hydrogens is 446 g/mol. The zero-order chi connectivity index (χ0) is 25.4. The molecule has 1 saturated carbocycles. The van der Waals surface area contributed by atoms with Crippen molar-refractivity contribution >= 4 is 5.95 Å². The molecule has 2 aliphatic heterocycles. The van der Waals surface area contributed by atoms with E-state index < -0.39 is 6.23 Å². The number of aliphatic hydroxyl groups excluding tert-OH is 1. The molecule has 6 heteroatoms. The summed E-state index contributed by atoms with van der Waals surface area (Å²) in [5, 5.41) is 11.6. The summed E-state index contributed by atoms with van der Waals surface area (Å²) in [6, 6.07) is 0.829. The molecule has 0 spiro atoms. The second kappa shape index (κ2) is 13.2. The average Bonchev–Trinajstić information content (AvgIpc) is 2.86. The van der Waals surface area contributed by atoms with Crippen molar-refractivity contribution in [3.63, 3.8) is 0 Å². The second-order valence-corrected chi connectivity index (χ2v) is 11.1. The summed E-state index contributed by atoms with van der Waals surface area (Å²) in [5.41, 5.74) is 2.38. The van der Waals surface area contributed by atoms with Crippen molar-refractivity contribution in [3.05, 3.63) is 41.8 Å². The van der Waals surface area contributed by atoms with Crippen LogP contribution in [0.25, 0.3) is 0 Å². The fraction of sp³-hybridized carbons (Fsp3) is 0.733. The smallest absolute Gasteiger partial charge is 0.225 e. The predicted octanol–water partition coefficient (Wildman–Crippen LogP) is 4.98. The molecule has 1 N–H and O–H groups in total. The SMILES string of the molecule is C/C=C\C/C=C\CC(CC)(CC)C(O)N1CCCc2nc(N3CCN(C4CCC4)CC3)ncc2CC1. The maximum Gasteiger partial charge on any atom is 0.225 e. The average molecular weight is 496 g/mol. The maximum absolute atomic E-state index is 11.6. The van der Waals surface area contributed by atoms with Crippen molar-refractivity contribution in [2.45, 2.75) is 97.2 Å². The van der Waals surface area contributed by atoms with E-state index in [9.17, 15) is 5.11 Å². The molecule has 3 heterocycles. The number of nitrogens with zero attached hydrogens (tertiary/aromatic N) is 5. The summed E-state index contributed by atoms with van der Waals surface area (Å²) in [7, 11) is 0.